The Morgan fingerprint density at radius 2 is 2.00 bits per heavy atom. The standard InChI is InChI=1S/C8H18N3P.C6H7N/c1-10-7(8(9)12)6-3-4-11(2)5-6;7-6-4-2-1-3-5-6/h6,10H,3-5,9,12H2,1-2H3;1-5H,7H2/b8-7-;. The highest BCUT2D eigenvalue weighted by atomic mass is 31.0. The number of hydrogen-bond acceptors (Lipinski definition) is 4. The number of para-hydroxylation sites is 1. The summed E-state index contributed by atoms with van der Waals surface area (Å²) in [6.45, 7) is 2.29. The van der Waals surface area contributed by atoms with Gasteiger partial charge >= 0.3 is 0 Å². The lowest BCUT2D eigenvalue weighted by atomic mass is 10.1. The number of rotatable bonds is 2. The average molecular weight is 280 g/mol. The van der Waals surface area contributed by atoms with Gasteiger partial charge in [0.2, 0.25) is 0 Å². The molecule has 2 rings (SSSR count). The minimum atomic E-state index is 0.595. The summed E-state index contributed by atoms with van der Waals surface area (Å²) in [6.07, 6.45) is 1.21. The first-order valence-corrected chi connectivity index (χ1v) is 7.04. The van der Waals surface area contributed by atoms with Crippen LogP contribution >= 0.6 is 9.24 Å². The number of nitrogen functional groups attached to an aromatic ring is 1. The van der Waals surface area contributed by atoms with Gasteiger partial charge in [0.1, 0.15) is 0 Å². The van der Waals surface area contributed by atoms with Crippen LogP contribution in [0.4, 0.5) is 5.69 Å². The lowest BCUT2D eigenvalue weighted by molar-refractivity contribution is 0.402. The molecule has 5 N–H and O–H groups in total. The van der Waals surface area contributed by atoms with E-state index in [4.69, 9.17) is 11.5 Å². The van der Waals surface area contributed by atoms with Crippen molar-refractivity contribution in [2.45, 2.75) is 6.42 Å². The van der Waals surface area contributed by atoms with Crippen molar-refractivity contribution in [3.05, 3.63) is 41.5 Å². The number of anilines is 1. The van der Waals surface area contributed by atoms with E-state index in [1.54, 1.807) is 0 Å². The third kappa shape index (κ3) is 5.50. The van der Waals surface area contributed by atoms with Crippen molar-refractivity contribution in [1.82, 2.24) is 10.2 Å². The molecule has 0 saturated carbocycles. The Kier molecular flexibility index (Phi) is 6.68. The summed E-state index contributed by atoms with van der Waals surface area (Å²) in [5, 5.41) is 3.17. The molecule has 0 aromatic heterocycles. The molecule has 19 heavy (non-hydrogen) atoms. The van der Waals surface area contributed by atoms with Crippen LogP contribution in [0.1, 0.15) is 6.42 Å². The molecular formula is C14H25N4P. The zero-order chi connectivity index (χ0) is 14.3. The average Bonchev–Trinajstić information content (AvgIpc) is 2.78. The second-order valence-electron chi connectivity index (χ2n) is 4.78. The maximum atomic E-state index is 5.73. The van der Waals surface area contributed by atoms with E-state index in [9.17, 15) is 0 Å². The molecule has 1 fully saturated rings. The van der Waals surface area contributed by atoms with Crippen molar-refractivity contribution >= 4 is 14.9 Å². The highest BCUT2D eigenvalue weighted by Crippen LogP contribution is 2.23. The van der Waals surface area contributed by atoms with E-state index in [1.165, 1.54) is 18.7 Å². The summed E-state index contributed by atoms with van der Waals surface area (Å²) < 4.78 is 0. The number of benzene rings is 1. The lowest BCUT2D eigenvalue weighted by Gasteiger charge is -2.16. The van der Waals surface area contributed by atoms with Gasteiger partial charge in [-0.15, -0.1) is 0 Å². The van der Waals surface area contributed by atoms with Crippen LogP contribution in [-0.2, 0) is 0 Å². The second-order valence-corrected chi connectivity index (χ2v) is 5.40. The van der Waals surface area contributed by atoms with E-state index in [1.807, 2.05) is 37.4 Å². The summed E-state index contributed by atoms with van der Waals surface area (Å²) >= 11 is 0. The fourth-order valence-corrected chi connectivity index (χ4v) is 2.59. The maximum absolute atomic E-state index is 5.73. The van der Waals surface area contributed by atoms with E-state index in [-0.39, 0.29) is 0 Å². The molecule has 2 atom stereocenters. The number of nitrogens with one attached hydrogen (secondary N) is 1. The van der Waals surface area contributed by atoms with Crippen LogP contribution < -0.4 is 16.8 Å². The predicted molar refractivity (Wildman–Crippen MR) is 86.4 cm³/mol. The van der Waals surface area contributed by atoms with Gasteiger partial charge in [-0.1, -0.05) is 27.4 Å². The highest BCUT2D eigenvalue weighted by molar-refractivity contribution is 7.22. The minimum Gasteiger partial charge on any atom is -0.399 e. The number of hydrogen-bond donors (Lipinski definition) is 3. The summed E-state index contributed by atoms with van der Waals surface area (Å²) in [5.74, 6) is 0.595. The van der Waals surface area contributed by atoms with Crippen molar-refractivity contribution < 1.29 is 0 Å². The summed E-state index contributed by atoms with van der Waals surface area (Å²) in [7, 11) is 6.64. The summed E-state index contributed by atoms with van der Waals surface area (Å²) in [5.41, 5.74) is 13.9. The minimum absolute atomic E-state index is 0.595. The van der Waals surface area contributed by atoms with Crippen LogP contribution in [0.2, 0.25) is 0 Å². The Balaban J connectivity index is 0.000000218. The largest absolute Gasteiger partial charge is 0.399 e. The fraction of sp³-hybridized carbons (Fsp3) is 0.429. The van der Waals surface area contributed by atoms with Crippen molar-refractivity contribution in [1.29, 1.82) is 0 Å². The number of likely N-dealkylation sites (tertiary alicyclic amines) is 1. The molecule has 106 valence electrons. The van der Waals surface area contributed by atoms with Gasteiger partial charge in [0.05, 0.1) is 0 Å². The Labute approximate surface area is 118 Å². The fourth-order valence-electron chi connectivity index (χ4n) is 2.21. The van der Waals surface area contributed by atoms with Gasteiger partial charge in [-0.05, 0) is 32.1 Å². The Morgan fingerprint density at radius 3 is 2.32 bits per heavy atom. The number of nitrogens with zero attached hydrogens (tertiary/aromatic N) is 1. The molecule has 0 amide bonds. The van der Waals surface area contributed by atoms with Gasteiger partial charge in [-0.25, -0.2) is 0 Å². The van der Waals surface area contributed by atoms with E-state index in [0.29, 0.717) is 5.92 Å². The van der Waals surface area contributed by atoms with Crippen molar-refractivity contribution in [3.8, 4) is 0 Å². The van der Waals surface area contributed by atoms with Crippen molar-refractivity contribution in [2.24, 2.45) is 11.7 Å². The first-order valence-electron chi connectivity index (χ1n) is 6.46. The molecule has 1 saturated heterocycles. The number of nitrogens with two attached hydrogens (primary N) is 2. The summed E-state index contributed by atoms with van der Waals surface area (Å²) in [6, 6.07) is 9.49. The van der Waals surface area contributed by atoms with E-state index in [0.717, 1.165) is 17.7 Å². The monoisotopic (exact) mass is 280 g/mol. The second kappa shape index (κ2) is 8.03. The first kappa shape index (κ1) is 15.8. The van der Waals surface area contributed by atoms with Crippen LogP contribution in [0.5, 0.6) is 0 Å². The van der Waals surface area contributed by atoms with Gasteiger partial charge < -0.3 is 21.7 Å². The van der Waals surface area contributed by atoms with Crippen LogP contribution in [0.15, 0.2) is 41.5 Å². The quantitative estimate of drug-likeness (QED) is 0.566. The molecular weight excluding hydrogens is 255 g/mol. The van der Waals surface area contributed by atoms with Gasteiger partial charge in [-0.2, -0.15) is 0 Å². The topological polar surface area (TPSA) is 67.3 Å². The molecule has 1 heterocycles. The third-order valence-electron chi connectivity index (χ3n) is 3.18. The zero-order valence-electron chi connectivity index (χ0n) is 11.8. The molecule has 1 aliphatic rings. The Morgan fingerprint density at radius 1 is 1.37 bits per heavy atom. The zero-order valence-corrected chi connectivity index (χ0v) is 12.9. The van der Waals surface area contributed by atoms with Crippen LogP contribution in [0.25, 0.3) is 0 Å². The van der Waals surface area contributed by atoms with Crippen LogP contribution in [0.3, 0.4) is 0 Å². The molecule has 0 bridgehead atoms. The molecule has 5 heteroatoms. The van der Waals surface area contributed by atoms with Gasteiger partial charge in [0.25, 0.3) is 0 Å². The van der Waals surface area contributed by atoms with Crippen molar-refractivity contribution in [2.75, 3.05) is 32.9 Å². The predicted octanol–water partition coefficient (Wildman–Crippen LogP) is 1.43. The molecule has 0 aliphatic carbocycles. The third-order valence-corrected chi connectivity index (χ3v) is 3.49. The van der Waals surface area contributed by atoms with Crippen LogP contribution in [0, 0.1) is 5.92 Å². The Hall–Kier alpha value is -1.25. The normalized spacial score (nSPS) is 20.3. The molecule has 2 unspecified atom stereocenters. The molecule has 1 aromatic carbocycles. The molecule has 1 aromatic rings. The van der Waals surface area contributed by atoms with E-state index >= 15 is 0 Å². The van der Waals surface area contributed by atoms with Gasteiger partial charge in [0, 0.05) is 36.3 Å². The van der Waals surface area contributed by atoms with Crippen molar-refractivity contribution in [3.63, 3.8) is 0 Å². The molecule has 1 aliphatic heterocycles. The summed E-state index contributed by atoms with van der Waals surface area (Å²) in [4.78, 5) is 2.33. The smallest absolute Gasteiger partial charge is 0.0449 e. The molecule has 4 nitrogen and oxygen atoms in total. The van der Waals surface area contributed by atoms with E-state index in [2.05, 4.69) is 26.5 Å². The van der Waals surface area contributed by atoms with Gasteiger partial charge in [-0.3, -0.25) is 0 Å². The SMILES string of the molecule is CN/C(=C(/N)P)C1CCN(C)C1.Nc1ccccc1. The highest BCUT2D eigenvalue weighted by Gasteiger charge is 2.23. The van der Waals surface area contributed by atoms with E-state index < -0.39 is 0 Å². The maximum Gasteiger partial charge on any atom is 0.0449 e. The molecule has 0 radical (unpaired) electrons. The lowest BCUT2D eigenvalue weighted by Crippen LogP contribution is -2.22. The van der Waals surface area contributed by atoms with Gasteiger partial charge in [0.15, 0.2) is 0 Å². The first-order chi connectivity index (χ1) is 9.04. The Bertz CT molecular complexity index is 401. The molecule has 0 spiro atoms. The van der Waals surface area contributed by atoms with Crippen LogP contribution in [-0.4, -0.2) is 32.1 Å².